The van der Waals surface area contributed by atoms with Crippen LogP contribution in [0.4, 0.5) is 10.1 Å². The molecule has 2 aromatic rings. The lowest BCUT2D eigenvalue weighted by atomic mass is 9.86. The number of nitrogens with one attached hydrogen (secondary N) is 1. The molecule has 2 fully saturated rings. The lowest BCUT2D eigenvalue weighted by Gasteiger charge is -2.40. The van der Waals surface area contributed by atoms with E-state index in [0.717, 1.165) is 63.3 Å². The predicted molar refractivity (Wildman–Crippen MR) is 100 cm³/mol. The van der Waals surface area contributed by atoms with Crippen molar-refractivity contribution in [3.63, 3.8) is 0 Å². The quantitative estimate of drug-likeness (QED) is 0.887. The van der Waals surface area contributed by atoms with Gasteiger partial charge in [0.25, 0.3) is 0 Å². The van der Waals surface area contributed by atoms with E-state index < -0.39 is 0 Å². The highest BCUT2D eigenvalue weighted by molar-refractivity contribution is 5.40. The van der Waals surface area contributed by atoms with Gasteiger partial charge in [-0.05, 0) is 55.6 Å². The molecule has 2 atom stereocenters. The Bertz CT molecular complexity index is 726. The number of anilines is 1. The van der Waals surface area contributed by atoms with Gasteiger partial charge in [-0.1, -0.05) is 12.1 Å². The Morgan fingerprint density at radius 1 is 1.27 bits per heavy atom. The molecule has 138 valence electrons. The number of likely N-dealkylation sites (tertiary alicyclic amines) is 1. The molecular formula is C21H26FN3O. The Balaban J connectivity index is 1.32. The van der Waals surface area contributed by atoms with Crippen molar-refractivity contribution in [1.82, 2.24) is 9.88 Å². The Hall–Kier alpha value is -1.98. The number of aromatic nitrogens is 1. The standard InChI is InChI=1S/C21H26FN3O/c22-19-4-1-3-17(11-19)14-25-10-2-7-21(16-25)12-18(15-26-21)13-24-20-5-8-23-9-6-20/h1,3-6,8-9,11,18H,2,7,10,12-16H2,(H,23,24). The normalized spacial score (nSPS) is 26.3. The van der Waals surface area contributed by atoms with Gasteiger partial charge in [0.15, 0.2) is 0 Å². The van der Waals surface area contributed by atoms with Gasteiger partial charge in [0.2, 0.25) is 0 Å². The fraction of sp³-hybridized carbons (Fsp3) is 0.476. The van der Waals surface area contributed by atoms with Gasteiger partial charge in [-0.2, -0.15) is 0 Å². The zero-order valence-electron chi connectivity index (χ0n) is 15.0. The minimum atomic E-state index is -0.159. The maximum Gasteiger partial charge on any atom is 0.123 e. The average molecular weight is 355 g/mol. The lowest BCUT2D eigenvalue weighted by molar-refractivity contribution is -0.0535. The van der Waals surface area contributed by atoms with Gasteiger partial charge in [0.05, 0.1) is 12.2 Å². The van der Waals surface area contributed by atoms with E-state index in [0.29, 0.717) is 5.92 Å². The summed E-state index contributed by atoms with van der Waals surface area (Å²) in [6.45, 7) is 4.53. The molecule has 5 heteroatoms. The average Bonchev–Trinajstić information content (AvgIpc) is 3.03. The molecule has 0 amide bonds. The van der Waals surface area contributed by atoms with E-state index in [-0.39, 0.29) is 11.4 Å². The molecule has 4 rings (SSSR count). The van der Waals surface area contributed by atoms with Gasteiger partial charge >= 0.3 is 0 Å². The first-order valence-electron chi connectivity index (χ1n) is 9.45. The molecule has 0 saturated carbocycles. The summed E-state index contributed by atoms with van der Waals surface area (Å²) in [6.07, 6.45) is 6.96. The number of benzene rings is 1. The van der Waals surface area contributed by atoms with Crippen molar-refractivity contribution in [2.24, 2.45) is 5.92 Å². The Kier molecular flexibility index (Phi) is 5.18. The predicted octanol–water partition coefficient (Wildman–Crippen LogP) is 3.70. The number of ether oxygens (including phenoxy) is 1. The van der Waals surface area contributed by atoms with Crippen molar-refractivity contribution in [3.05, 3.63) is 60.2 Å². The van der Waals surface area contributed by atoms with Gasteiger partial charge in [0.1, 0.15) is 5.82 Å². The maximum absolute atomic E-state index is 13.4. The topological polar surface area (TPSA) is 37.4 Å². The molecule has 2 aliphatic heterocycles. The van der Waals surface area contributed by atoms with E-state index in [1.54, 1.807) is 24.5 Å². The van der Waals surface area contributed by atoms with Crippen molar-refractivity contribution in [2.75, 3.05) is 31.6 Å². The number of piperidine rings is 1. The summed E-state index contributed by atoms with van der Waals surface area (Å²) in [5, 5.41) is 3.49. The molecule has 26 heavy (non-hydrogen) atoms. The van der Waals surface area contributed by atoms with Crippen LogP contribution in [0.5, 0.6) is 0 Å². The first kappa shape index (κ1) is 17.4. The number of nitrogens with zero attached hydrogens (tertiary/aromatic N) is 2. The summed E-state index contributed by atoms with van der Waals surface area (Å²) < 4.78 is 19.7. The lowest BCUT2D eigenvalue weighted by Crippen LogP contribution is -2.47. The molecule has 4 nitrogen and oxygen atoms in total. The van der Waals surface area contributed by atoms with Crippen molar-refractivity contribution in [3.8, 4) is 0 Å². The molecule has 1 aromatic heterocycles. The molecule has 2 aliphatic rings. The molecule has 0 bridgehead atoms. The van der Waals surface area contributed by atoms with Gasteiger partial charge in [0, 0.05) is 43.6 Å². The van der Waals surface area contributed by atoms with Crippen molar-refractivity contribution < 1.29 is 9.13 Å². The first-order chi connectivity index (χ1) is 12.7. The summed E-state index contributed by atoms with van der Waals surface area (Å²) in [7, 11) is 0. The number of pyridine rings is 1. The van der Waals surface area contributed by atoms with Crippen LogP contribution in [0.15, 0.2) is 48.8 Å². The van der Waals surface area contributed by atoms with E-state index in [2.05, 4.69) is 15.2 Å². The van der Waals surface area contributed by atoms with Gasteiger partial charge in [-0.15, -0.1) is 0 Å². The van der Waals surface area contributed by atoms with Crippen molar-refractivity contribution in [2.45, 2.75) is 31.4 Å². The molecule has 0 radical (unpaired) electrons. The summed E-state index contributed by atoms with van der Waals surface area (Å²) in [5.74, 6) is 0.367. The molecule has 2 unspecified atom stereocenters. The fourth-order valence-corrected chi connectivity index (χ4v) is 4.30. The Morgan fingerprint density at radius 3 is 3.00 bits per heavy atom. The van der Waals surface area contributed by atoms with E-state index in [9.17, 15) is 4.39 Å². The first-order valence-corrected chi connectivity index (χ1v) is 9.45. The van der Waals surface area contributed by atoms with E-state index in [1.807, 2.05) is 18.2 Å². The minimum absolute atomic E-state index is 0.0316. The monoisotopic (exact) mass is 355 g/mol. The number of rotatable bonds is 5. The highest BCUT2D eigenvalue weighted by atomic mass is 19.1. The minimum Gasteiger partial charge on any atom is -0.385 e. The second-order valence-corrected chi connectivity index (χ2v) is 7.63. The van der Waals surface area contributed by atoms with Gasteiger partial charge in [-0.25, -0.2) is 4.39 Å². The SMILES string of the molecule is Fc1cccc(CN2CCCC3(CC(CNc4ccncc4)CO3)C2)c1. The zero-order chi connectivity index (χ0) is 17.8. The summed E-state index contributed by atoms with van der Waals surface area (Å²) in [4.78, 5) is 6.46. The van der Waals surface area contributed by atoms with Crippen LogP contribution in [0.1, 0.15) is 24.8 Å². The molecule has 1 aromatic carbocycles. The third kappa shape index (κ3) is 4.22. The van der Waals surface area contributed by atoms with Crippen LogP contribution < -0.4 is 5.32 Å². The number of hydrogen-bond donors (Lipinski definition) is 1. The van der Waals surface area contributed by atoms with Crippen LogP contribution in [-0.2, 0) is 11.3 Å². The van der Waals surface area contributed by atoms with E-state index >= 15 is 0 Å². The second kappa shape index (κ2) is 7.72. The molecule has 1 N–H and O–H groups in total. The second-order valence-electron chi connectivity index (χ2n) is 7.63. The fourth-order valence-electron chi connectivity index (χ4n) is 4.30. The summed E-state index contributed by atoms with van der Waals surface area (Å²) >= 11 is 0. The molecule has 3 heterocycles. The molecule has 2 saturated heterocycles. The van der Waals surface area contributed by atoms with Crippen LogP contribution in [0.3, 0.4) is 0 Å². The Labute approximate surface area is 154 Å². The highest BCUT2D eigenvalue weighted by Gasteiger charge is 2.43. The third-order valence-corrected chi connectivity index (χ3v) is 5.47. The van der Waals surface area contributed by atoms with Gasteiger partial charge < -0.3 is 10.1 Å². The maximum atomic E-state index is 13.4. The molecule has 1 spiro atoms. The number of hydrogen-bond acceptors (Lipinski definition) is 4. The van der Waals surface area contributed by atoms with Crippen LogP contribution in [0.2, 0.25) is 0 Å². The van der Waals surface area contributed by atoms with Crippen molar-refractivity contribution >= 4 is 5.69 Å². The van der Waals surface area contributed by atoms with Crippen molar-refractivity contribution in [1.29, 1.82) is 0 Å². The zero-order valence-corrected chi connectivity index (χ0v) is 15.0. The van der Waals surface area contributed by atoms with Crippen LogP contribution >= 0.6 is 0 Å². The molecule has 0 aliphatic carbocycles. The van der Waals surface area contributed by atoms with Gasteiger partial charge in [-0.3, -0.25) is 9.88 Å². The van der Waals surface area contributed by atoms with Crippen LogP contribution in [0.25, 0.3) is 0 Å². The largest absolute Gasteiger partial charge is 0.385 e. The summed E-state index contributed by atoms with van der Waals surface area (Å²) in [6, 6.07) is 10.9. The third-order valence-electron chi connectivity index (χ3n) is 5.47. The number of halogens is 1. The highest BCUT2D eigenvalue weighted by Crippen LogP contribution is 2.38. The van der Waals surface area contributed by atoms with Crippen LogP contribution in [-0.4, -0.2) is 41.7 Å². The summed E-state index contributed by atoms with van der Waals surface area (Å²) in [5.41, 5.74) is 2.11. The van der Waals surface area contributed by atoms with E-state index in [4.69, 9.17) is 4.74 Å². The molecular weight excluding hydrogens is 329 g/mol. The Morgan fingerprint density at radius 2 is 2.15 bits per heavy atom. The van der Waals surface area contributed by atoms with E-state index in [1.165, 1.54) is 6.07 Å². The smallest absolute Gasteiger partial charge is 0.123 e. The van der Waals surface area contributed by atoms with Crippen LogP contribution in [0, 0.1) is 11.7 Å².